The Kier molecular flexibility index (Phi) is 6.05. The Morgan fingerprint density at radius 3 is 2.34 bits per heavy atom. The fraction of sp³-hybridized carbons (Fsp3) is 0.174. The molecule has 4 rings (SSSR count). The van der Waals surface area contributed by atoms with Crippen molar-refractivity contribution >= 4 is 52.0 Å². The van der Waals surface area contributed by atoms with Gasteiger partial charge in [-0.05, 0) is 65.9 Å². The van der Waals surface area contributed by atoms with Crippen LogP contribution >= 0.6 is 34.8 Å². The summed E-state index contributed by atoms with van der Waals surface area (Å²) in [5.74, 6) is -0.457. The molecule has 0 aliphatic heterocycles. The third-order valence-electron chi connectivity index (χ3n) is 5.51. The number of allylic oxidation sites excluding steroid dienone is 2. The van der Waals surface area contributed by atoms with E-state index in [0.29, 0.717) is 16.8 Å². The van der Waals surface area contributed by atoms with Crippen LogP contribution in [0.15, 0.2) is 65.5 Å². The zero-order valence-corrected chi connectivity index (χ0v) is 18.5. The van der Waals surface area contributed by atoms with E-state index in [-0.39, 0.29) is 39.0 Å². The first-order chi connectivity index (χ1) is 15.1. The van der Waals surface area contributed by atoms with Crippen LogP contribution in [0.5, 0.6) is 0 Å². The predicted octanol–water partition coefficient (Wildman–Crippen LogP) is 8.17. The molecular formula is C23H15Cl3F3NO2. The van der Waals surface area contributed by atoms with Gasteiger partial charge in [-0.1, -0.05) is 46.9 Å². The van der Waals surface area contributed by atoms with Crippen molar-refractivity contribution in [2.24, 2.45) is 0 Å². The van der Waals surface area contributed by atoms with Crippen LogP contribution < -0.4 is 5.32 Å². The summed E-state index contributed by atoms with van der Waals surface area (Å²) < 4.78 is 47.7. The number of benzene rings is 2. The highest BCUT2D eigenvalue weighted by atomic mass is 35.5. The van der Waals surface area contributed by atoms with Crippen LogP contribution in [0.4, 0.5) is 18.9 Å². The smallest absolute Gasteiger partial charge is 0.399 e. The normalized spacial score (nSPS) is 18.5. The van der Waals surface area contributed by atoms with E-state index >= 15 is 0 Å². The van der Waals surface area contributed by atoms with Gasteiger partial charge < -0.3 is 9.73 Å². The molecule has 1 heterocycles. The molecule has 0 saturated heterocycles. The molecule has 1 aromatic heterocycles. The first-order valence-electron chi connectivity index (χ1n) is 9.45. The van der Waals surface area contributed by atoms with Gasteiger partial charge in [-0.3, -0.25) is 4.79 Å². The zero-order chi connectivity index (χ0) is 23.1. The number of amides is 1. The summed E-state index contributed by atoms with van der Waals surface area (Å²) in [6.07, 6.45) is -0.783. The molecular weight excluding hydrogens is 486 g/mol. The maximum absolute atomic E-state index is 14.3. The number of carbonyl (C=O) groups excluding carboxylic acids is 1. The topological polar surface area (TPSA) is 42.2 Å². The van der Waals surface area contributed by atoms with E-state index in [1.165, 1.54) is 42.9 Å². The molecule has 1 unspecified atom stereocenters. The summed E-state index contributed by atoms with van der Waals surface area (Å²) in [7, 11) is 0. The highest BCUT2D eigenvalue weighted by Gasteiger charge is 2.57. The number of halogens is 6. The Morgan fingerprint density at radius 2 is 1.75 bits per heavy atom. The first-order valence-corrected chi connectivity index (χ1v) is 10.6. The monoisotopic (exact) mass is 499 g/mol. The molecule has 0 radical (unpaired) electrons. The van der Waals surface area contributed by atoms with Crippen LogP contribution in [-0.4, -0.2) is 12.1 Å². The summed E-state index contributed by atoms with van der Waals surface area (Å²) in [4.78, 5) is 12.4. The molecule has 9 heteroatoms. The standard InChI is InChI=1S/C23H15Cl3F3NO2/c24-16-8-15(9-17(25)10-16)22(23(27,28)29)5-3-14(11-22)13-1-2-19(20(26)7-13)21(31)30-18-4-6-32-12-18/h1-4,6-10,12H,5,11H2,(H,30,31). The summed E-state index contributed by atoms with van der Waals surface area (Å²) in [6.45, 7) is 0. The average molecular weight is 501 g/mol. The largest absolute Gasteiger partial charge is 0.470 e. The molecule has 3 aromatic rings. The van der Waals surface area contributed by atoms with E-state index in [9.17, 15) is 18.0 Å². The van der Waals surface area contributed by atoms with Gasteiger partial charge >= 0.3 is 6.18 Å². The van der Waals surface area contributed by atoms with Gasteiger partial charge in [-0.2, -0.15) is 13.2 Å². The van der Waals surface area contributed by atoms with E-state index in [1.54, 1.807) is 18.2 Å². The minimum absolute atomic E-state index is 0.0101. The fourth-order valence-corrected chi connectivity index (χ4v) is 4.64. The molecule has 0 fully saturated rings. The number of nitrogens with one attached hydrogen (secondary N) is 1. The van der Waals surface area contributed by atoms with Crippen molar-refractivity contribution in [3.63, 3.8) is 0 Å². The number of furan rings is 1. The number of alkyl halides is 3. The highest BCUT2D eigenvalue weighted by Crippen LogP contribution is 2.54. The Morgan fingerprint density at radius 1 is 1.03 bits per heavy atom. The molecule has 1 amide bonds. The summed E-state index contributed by atoms with van der Waals surface area (Å²) in [5.41, 5.74) is -0.504. The van der Waals surface area contributed by atoms with Crippen LogP contribution in [-0.2, 0) is 5.41 Å². The van der Waals surface area contributed by atoms with Crippen LogP contribution in [0.3, 0.4) is 0 Å². The molecule has 3 nitrogen and oxygen atoms in total. The van der Waals surface area contributed by atoms with E-state index in [2.05, 4.69) is 5.32 Å². The van der Waals surface area contributed by atoms with Gasteiger partial charge in [0.1, 0.15) is 6.26 Å². The molecule has 32 heavy (non-hydrogen) atoms. The molecule has 1 atom stereocenters. The van der Waals surface area contributed by atoms with Crippen molar-refractivity contribution in [1.82, 2.24) is 0 Å². The SMILES string of the molecule is O=C(Nc1ccoc1)c1ccc(C2=CCC(c3cc(Cl)cc(Cl)c3)(C(F)(F)F)C2)cc1Cl. The number of hydrogen-bond donors (Lipinski definition) is 1. The quantitative estimate of drug-likeness (QED) is 0.392. The third kappa shape index (κ3) is 4.27. The van der Waals surface area contributed by atoms with E-state index in [4.69, 9.17) is 39.2 Å². The van der Waals surface area contributed by atoms with Gasteiger partial charge in [-0.25, -0.2) is 0 Å². The number of hydrogen-bond acceptors (Lipinski definition) is 2. The Bertz CT molecular complexity index is 1190. The highest BCUT2D eigenvalue weighted by molar-refractivity contribution is 6.35. The van der Waals surface area contributed by atoms with Crippen LogP contribution in [0.25, 0.3) is 5.57 Å². The van der Waals surface area contributed by atoms with Gasteiger partial charge in [0.2, 0.25) is 0 Å². The zero-order valence-electron chi connectivity index (χ0n) is 16.3. The number of anilines is 1. The second kappa shape index (κ2) is 8.50. The molecule has 0 saturated carbocycles. The Hall–Kier alpha value is -2.41. The van der Waals surface area contributed by atoms with Crippen LogP contribution in [0.2, 0.25) is 15.1 Å². The van der Waals surface area contributed by atoms with Gasteiger partial charge in [0.05, 0.1) is 28.0 Å². The predicted molar refractivity (Wildman–Crippen MR) is 120 cm³/mol. The van der Waals surface area contributed by atoms with Gasteiger partial charge in [0.15, 0.2) is 0 Å². The molecule has 1 aliphatic carbocycles. The third-order valence-corrected chi connectivity index (χ3v) is 6.26. The van der Waals surface area contributed by atoms with Crippen LogP contribution in [0, 0.1) is 0 Å². The maximum Gasteiger partial charge on any atom is 0.399 e. The second-order valence-corrected chi connectivity index (χ2v) is 8.79. The van der Waals surface area contributed by atoms with Crippen molar-refractivity contribution in [3.8, 4) is 0 Å². The summed E-state index contributed by atoms with van der Waals surface area (Å²) in [5, 5.41) is 3.03. The minimum Gasteiger partial charge on any atom is -0.470 e. The van der Waals surface area contributed by atoms with Gasteiger partial charge in [-0.15, -0.1) is 0 Å². The number of carbonyl (C=O) groups is 1. The maximum atomic E-state index is 14.3. The Labute approximate surface area is 196 Å². The van der Waals surface area contributed by atoms with Gasteiger partial charge in [0, 0.05) is 10.0 Å². The molecule has 0 bridgehead atoms. The van der Waals surface area contributed by atoms with Crippen molar-refractivity contribution in [2.75, 3.05) is 5.32 Å². The van der Waals surface area contributed by atoms with Crippen molar-refractivity contribution < 1.29 is 22.4 Å². The Balaban J connectivity index is 1.62. The molecule has 2 aromatic carbocycles. The van der Waals surface area contributed by atoms with Crippen molar-refractivity contribution in [1.29, 1.82) is 0 Å². The van der Waals surface area contributed by atoms with E-state index < -0.39 is 17.5 Å². The lowest BCUT2D eigenvalue weighted by atomic mass is 9.76. The van der Waals surface area contributed by atoms with Crippen molar-refractivity contribution in [3.05, 3.63) is 92.8 Å². The lowest BCUT2D eigenvalue weighted by Crippen LogP contribution is -2.40. The lowest BCUT2D eigenvalue weighted by molar-refractivity contribution is -0.187. The summed E-state index contributed by atoms with van der Waals surface area (Å²) in [6, 6.07) is 10.1. The molecule has 1 N–H and O–H groups in total. The van der Waals surface area contributed by atoms with Gasteiger partial charge in [0.25, 0.3) is 5.91 Å². The second-order valence-electron chi connectivity index (χ2n) is 7.51. The first kappa shape index (κ1) is 22.8. The molecule has 0 spiro atoms. The van der Waals surface area contributed by atoms with Crippen molar-refractivity contribution in [2.45, 2.75) is 24.4 Å². The average Bonchev–Trinajstić information content (AvgIpc) is 3.37. The molecule has 166 valence electrons. The lowest BCUT2D eigenvalue weighted by Gasteiger charge is -2.33. The summed E-state index contributed by atoms with van der Waals surface area (Å²) >= 11 is 18.3. The fourth-order valence-electron chi connectivity index (χ4n) is 3.85. The number of rotatable bonds is 4. The minimum atomic E-state index is -4.53. The van der Waals surface area contributed by atoms with Crippen LogP contribution in [0.1, 0.15) is 34.3 Å². The van der Waals surface area contributed by atoms with E-state index in [0.717, 1.165) is 0 Å². The molecule has 1 aliphatic rings. The van der Waals surface area contributed by atoms with E-state index in [1.807, 2.05) is 0 Å².